The lowest BCUT2D eigenvalue weighted by Crippen LogP contribution is -2.35. The van der Waals surface area contributed by atoms with E-state index in [9.17, 15) is 18.0 Å². The fourth-order valence-corrected chi connectivity index (χ4v) is 5.72. The number of nitrogens with zero attached hydrogens (tertiary/aromatic N) is 2. The highest BCUT2D eigenvalue weighted by Gasteiger charge is 2.34. The number of anilines is 2. The average molecular weight is 563 g/mol. The van der Waals surface area contributed by atoms with Crippen LogP contribution in [0.4, 0.5) is 24.7 Å². The highest BCUT2D eigenvalue weighted by molar-refractivity contribution is 6.30. The molecule has 0 fully saturated rings. The van der Waals surface area contributed by atoms with Crippen molar-refractivity contribution in [2.24, 2.45) is 0 Å². The van der Waals surface area contributed by atoms with Crippen LogP contribution in [-0.4, -0.2) is 30.0 Å². The summed E-state index contributed by atoms with van der Waals surface area (Å²) in [5.41, 5.74) is 4.71. The normalized spacial score (nSPS) is 14.8. The fraction of sp³-hybridized carbons (Fsp3) is 0.226. The lowest BCUT2D eigenvalue weighted by Gasteiger charge is -2.32. The molecule has 3 aromatic carbocycles. The zero-order valence-corrected chi connectivity index (χ0v) is 22.2. The number of nitrogens with one attached hydrogen (secondary N) is 2. The maximum Gasteiger partial charge on any atom is 0.416 e. The standard InChI is InChI=1S/C31H26ClF3N4O/c32-25-8-9-27(31(33,34)35)24(13-25)18-39-11-10-36-29-28(39)16-23(17-37-29)19-6-3-7-22(12-19)30(40)38-26-14-20-4-1-2-5-21(20)15-26/h1-9,12-13,16-17,26H,10-11,14-15,18H2,(H,36,37)(H,38,40). The van der Waals surface area contributed by atoms with E-state index in [-0.39, 0.29) is 29.1 Å². The van der Waals surface area contributed by atoms with Crippen molar-refractivity contribution >= 4 is 29.0 Å². The Hall–Kier alpha value is -4.04. The number of halogens is 4. The Morgan fingerprint density at radius 1 is 1.00 bits per heavy atom. The van der Waals surface area contributed by atoms with Crippen molar-refractivity contribution in [3.63, 3.8) is 0 Å². The zero-order chi connectivity index (χ0) is 27.9. The molecule has 2 heterocycles. The van der Waals surface area contributed by atoms with Crippen molar-refractivity contribution in [3.8, 4) is 11.1 Å². The molecule has 2 N–H and O–H groups in total. The maximum atomic E-state index is 13.7. The van der Waals surface area contributed by atoms with Crippen LogP contribution in [-0.2, 0) is 25.6 Å². The maximum absolute atomic E-state index is 13.7. The molecule has 0 atom stereocenters. The summed E-state index contributed by atoms with van der Waals surface area (Å²) in [6.45, 7) is 1.07. The van der Waals surface area contributed by atoms with Gasteiger partial charge in [0, 0.05) is 48.0 Å². The topological polar surface area (TPSA) is 57.3 Å². The number of benzene rings is 3. The molecule has 0 bridgehead atoms. The summed E-state index contributed by atoms with van der Waals surface area (Å²) < 4.78 is 41.1. The van der Waals surface area contributed by atoms with E-state index in [1.165, 1.54) is 23.3 Å². The van der Waals surface area contributed by atoms with Crippen molar-refractivity contribution in [1.29, 1.82) is 0 Å². The summed E-state index contributed by atoms with van der Waals surface area (Å²) in [7, 11) is 0. The number of hydrogen-bond acceptors (Lipinski definition) is 4. The highest BCUT2D eigenvalue weighted by Crippen LogP contribution is 2.37. The second-order valence-electron chi connectivity index (χ2n) is 10.2. The van der Waals surface area contributed by atoms with Crippen molar-refractivity contribution < 1.29 is 18.0 Å². The molecule has 0 saturated carbocycles. The largest absolute Gasteiger partial charge is 0.416 e. The van der Waals surface area contributed by atoms with E-state index in [1.807, 2.05) is 41.3 Å². The van der Waals surface area contributed by atoms with Crippen molar-refractivity contribution in [3.05, 3.63) is 112 Å². The van der Waals surface area contributed by atoms with Crippen LogP contribution in [0.3, 0.4) is 0 Å². The fourth-order valence-electron chi connectivity index (χ4n) is 5.53. The van der Waals surface area contributed by atoms with E-state index in [0.717, 1.165) is 30.0 Å². The van der Waals surface area contributed by atoms with Gasteiger partial charge in [0.05, 0.1) is 11.3 Å². The van der Waals surface area contributed by atoms with Gasteiger partial charge in [-0.25, -0.2) is 4.98 Å². The zero-order valence-electron chi connectivity index (χ0n) is 21.4. The molecule has 5 nitrogen and oxygen atoms in total. The van der Waals surface area contributed by atoms with E-state index in [4.69, 9.17) is 11.6 Å². The van der Waals surface area contributed by atoms with Crippen LogP contribution >= 0.6 is 11.6 Å². The van der Waals surface area contributed by atoms with Crippen LogP contribution < -0.4 is 15.5 Å². The molecule has 1 aliphatic carbocycles. The van der Waals surface area contributed by atoms with Gasteiger partial charge in [0.15, 0.2) is 0 Å². The molecular formula is C31H26ClF3N4O. The lowest BCUT2D eigenvalue weighted by atomic mass is 10.0. The second-order valence-corrected chi connectivity index (χ2v) is 10.6. The summed E-state index contributed by atoms with van der Waals surface area (Å²) in [6, 6.07) is 21.1. The Morgan fingerprint density at radius 3 is 2.52 bits per heavy atom. The first kappa shape index (κ1) is 26.2. The van der Waals surface area contributed by atoms with Crippen molar-refractivity contribution in [2.45, 2.75) is 31.6 Å². The number of rotatable bonds is 5. The van der Waals surface area contributed by atoms with Crippen LogP contribution in [0.1, 0.15) is 32.6 Å². The van der Waals surface area contributed by atoms with Crippen LogP contribution in [0.5, 0.6) is 0 Å². The SMILES string of the molecule is O=C(NC1Cc2ccccc2C1)c1cccc(-c2cnc3c(c2)N(Cc2cc(Cl)ccc2C(F)(F)F)CCN3)c1. The predicted molar refractivity (Wildman–Crippen MR) is 151 cm³/mol. The van der Waals surface area contributed by atoms with Gasteiger partial charge in [-0.2, -0.15) is 13.2 Å². The molecule has 0 spiro atoms. The molecule has 9 heteroatoms. The van der Waals surface area contributed by atoms with Gasteiger partial charge < -0.3 is 15.5 Å². The van der Waals surface area contributed by atoms with E-state index >= 15 is 0 Å². The Labute approximate surface area is 235 Å². The third-order valence-corrected chi connectivity index (χ3v) is 7.70. The Balaban J connectivity index is 1.24. The molecule has 0 radical (unpaired) electrons. The van der Waals surface area contributed by atoms with Crippen LogP contribution in [0.15, 0.2) is 79.0 Å². The summed E-state index contributed by atoms with van der Waals surface area (Å²) in [6.07, 6.45) is -1.16. The van der Waals surface area contributed by atoms with Gasteiger partial charge in [-0.05, 0) is 71.5 Å². The molecule has 6 rings (SSSR count). The predicted octanol–water partition coefficient (Wildman–Crippen LogP) is 6.75. The Bertz CT molecular complexity index is 1560. The van der Waals surface area contributed by atoms with Gasteiger partial charge in [0.2, 0.25) is 0 Å². The number of fused-ring (bicyclic) bond motifs is 2. The molecule has 0 saturated heterocycles. The second kappa shape index (κ2) is 10.5. The quantitative estimate of drug-likeness (QED) is 0.282. The minimum Gasteiger partial charge on any atom is -0.367 e. The first-order valence-corrected chi connectivity index (χ1v) is 13.4. The minimum absolute atomic E-state index is 0.0292. The number of amides is 1. The van der Waals surface area contributed by atoms with E-state index in [0.29, 0.717) is 30.2 Å². The van der Waals surface area contributed by atoms with Gasteiger partial charge >= 0.3 is 6.18 Å². The third-order valence-electron chi connectivity index (χ3n) is 7.46. The van der Waals surface area contributed by atoms with Crippen LogP contribution in [0, 0.1) is 0 Å². The summed E-state index contributed by atoms with van der Waals surface area (Å²) in [4.78, 5) is 19.5. The molecule has 1 aliphatic heterocycles. The van der Waals surface area contributed by atoms with E-state index in [1.54, 1.807) is 12.3 Å². The monoisotopic (exact) mass is 562 g/mol. The number of hydrogen-bond donors (Lipinski definition) is 2. The van der Waals surface area contributed by atoms with Gasteiger partial charge in [-0.1, -0.05) is 48.0 Å². The smallest absolute Gasteiger partial charge is 0.367 e. The molecule has 40 heavy (non-hydrogen) atoms. The van der Waals surface area contributed by atoms with E-state index < -0.39 is 11.7 Å². The number of pyridine rings is 1. The summed E-state index contributed by atoms with van der Waals surface area (Å²) >= 11 is 6.06. The average Bonchev–Trinajstić information content (AvgIpc) is 3.35. The van der Waals surface area contributed by atoms with E-state index in [2.05, 4.69) is 27.8 Å². The summed E-state index contributed by atoms with van der Waals surface area (Å²) in [5.74, 6) is 0.454. The first-order valence-electron chi connectivity index (χ1n) is 13.1. The Kier molecular flexibility index (Phi) is 6.88. The third kappa shape index (κ3) is 5.36. The molecule has 2 aliphatic rings. The van der Waals surface area contributed by atoms with Crippen molar-refractivity contribution in [2.75, 3.05) is 23.3 Å². The molecule has 1 amide bonds. The van der Waals surface area contributed by atoms with Crippen molar-refractivity contribution in [1.82, 2.24) is 10.3 Å². The van der Waals surface area contributed by atoms with Crippen LogP contribution in [0.2, 0.25) is 5.02 Å². The Morgan fingerprint density at radius 2 is 1.77 bits per heavy atom. The number of alkyl halides is 3. The number of carbonyl (C=O) groups is 1. The first-order chi connectivity index (χ1) is 19.2. The molecule has 0 unspecified atom stereocenters. The summed E-state index contributed by atoms with van der Waals surface area (Å²) in [5, 5.41) is 6.63. The number of carbonyl (C=O) groups excluding carboxylic acids is 1. The molecule has 1 aromatic heterocycles. The minimum atomic E-state index is -4.49. The van der Waals surface area contributed by atoms with Gasteiger partial charge in [0.1, 0.15) is 5.82 Å². The molecule has 4 aromatic rings. The lowest BCUT2D eigenvalue weighted by molar-refractivity contribution is -0.138. The van der Waals surface area contributed by atoms with Gasteiger partial charge in [-0.15, -0.1) is 0 Å². The highest BCUT2D eigenvalue weighted by atomic mass is 35.5. The van der Waals surface area contributed by atoms with Crippen LogP contribution in [0.25, 0.3) is 11.1 Å². The van der Waals surface area contributed by atoms with Gasteiger partial charge in [0.25, 0.3) is 5.91 Å². The van der Waals surface area contributed by atoms with Gasteiger partial charge in [-0.3, -0.25) is 4.79 Å². The molecular weight excluding hydrogens is 537 g/mol. The molecule has 204 valence electrons. The number of aromatic nitrogens is 1.